The number of halogens is 1. The van der Waals surface area contributed by atoms with Gasteiger partial charge in [-0.25, -0.2) is 20.0 Å². The Bertz CT molecular complexity index is 1070. The molecule has 8 heteroatoms. The summed E-state index contributed by atoms with van der Waals surface area (Å²) in [5.41, 5.74) is 1.51. The molecule has 0 unspecified atom stereocenters. The normalized spacial score (nSPS) is 10.3. The van der Waals surface area contributed by atoms with Crippen LogP contribution in [0.2, 0.25) is 0 Å². The number of carbonyl (C=O) groups is 3. The number of para-hydroxylation sites is 1. The lowest BCUT2D eigenvalue weighted by atomic mass is 10.0. The Morgan fingerprint density at radius 3 is 2.26 bits per heavy atom. The third-order valence-corrected chi connectivity index (χ3v) is 4.31. The predicted octanol–water partition coefficient (Wildman–Crippen LogP) is 3.51. The predicted molar refractivity (Wildman–Crippen MR) is 112 cm³/mol. The first-order chi connectivity index (χ1) is 14.9. The van der Waals surface area contributed by atoms with Gasteiger partial charge in [0.2, 0.25) is 5.91 Å². The summed E-state index contributed by atoms with van der Waals surface area (Å²) in [5.74, 6) is 4.18. The van der Waals surface area contributed by atoms with Crippen molar-refractivity contribution in [3.8, 4) is 0 Å². The lowest BCUT2D eigenvalue weighted by Crippen LogP contribution is -2.43. The van der Waals surface area contributed by atoms with Crippen LogP contribution < -0.4 is 11.2 Å². The Balaban J connectivity index is 1.60. The van der Waals surface area contributed by atoms with Gasteiger partial charge >= 0.3 is 6.09 Å². The molecule has 3 aromatic carbocycles. The zero-order chi connectivity index (χ0) is 22.2. The molecule has 0 spiro atoms. The number of nitrogens with two attached hydrogens (primary N) is 1. The highest BCUT2D eigenvalue weighted by Gasteiger charge is 2.18. The van der Waals surface area contributed by atoms with Gasteiger partial charge in [-0.15, -0.1) is 0 Å². The molecular weight excluding hydrogens is 401 g/mol. The summed E-state index contributed by atoms with van der Waals surface area (Å²) in [4.78, 5) is 37.1. The van der Waals surface area contributed by atoms with Crippen molar-refractivity contribution >= 4 is 23.5 Å². The van der Waals surface area contributed by atoms with Crippen LogP contribution >= 0.6 is 0 Å². The minimum Gasteiger partial charge on any atom is -0.444 e. The molecule has 7 nitrogen and oxygen atoms in total. The molecule has 3 aromatic rings. The number of hydrogen-bond acceptors (Lipinski definition) is 5. The fourth-order valence-corrected chi connectivity index (χ4v) is 2.76. The number of benzene rings is 3. The number of ketones is 1. The van der Waals surface area contributed by atoms with E-state index in [-0.39, 0.29) is 29.2 Å². The molecule has 0 saturated heterocycles. The van der Waals surface area contributed by atoms with Gasteiger partial charge in [-0.1, -0.05) is 42.5 Å². The van der Waals surface area contributed by atoms with Crippen LogP contribution in [0.15, 0.2) is 78.9 Å². The molecule has 0 fully saturated rings. The summed E-state index contributed by atoms with van der Waals surface area (Å²) >= 11 is 0. The van der Waals surface area contributed by atoms with Crippen LogP contribution in [0.25, 0.3) is 0 Å². The van der Waals surface area contributed by atoms with Crippen LogP contribution in [0.1, 0.15) is 21.5 Å². The van der Waals surface area contributed by atoms with Crippen molar-refractivity contribution in [1.82, 2.24) is 5.01 Å². The molecule has 3 N–H and O–H groups in total. The molecule has 0 aliphatic rings. The van der Waals surface area contributed by atoms with Crippen molar-refractivity contribution in [2.45, 2.75) is 6.61 Å². The van der Waals surface area contributed by atoms with E-state index in [1.165, 1.54) is 30.3 Å². The van der Waals surface area contributed by atoms with Gasteiger partial charge in [-0.05, 0) is 42.0 Å². The van der Waals surface area contributed by atoms with E-state index < -0.39 is 24.4 Å². The van der Waals surface area contributed by atoms with Crippen LogP contribution in [-0.4, -0.2) is 29.3 Å². The summed E-state index contributed by atoms with van der Waals surface area (Å²) < 4.78 is 18.2. The van der Waals surface area contributed by atoms with Crippen LogP contribution in [0.3, 0.4) is 0 Å². The van der Waals surface area contributed by atoms with Gasteiger partial charge < -0.3 is 10.1 Å². The smallest absolute Gasteiger partial charge is 0.424 e. The maximum absolute atomic E-state index is 13.1. The highest BCUT2D eigenvalue weighted by Crippen LogP contribution is 2.19. The first-order valence-corrected chi connectivity index (χ1v) is 9.36. The van der Waals surface area contributed by atoms with E-state index in [1.807, 2.05) is 18.2 Å². The molecule has 2 amide bonds. The summed E-state index contributed by atoms with van der Waals surface area (Å²) in [6.07, 6.45) is -0.866. The fraction of sp³-hybridized carbons (Fsp3) is 0.0870. The summed E-state index contributed by atoms with van der Waals surface area (Å²) in [6, 6.07) is 20.5. The molecule has 0 aliphatic carbocycles. The van der Waals surface area contributed by atoms with E-state index >= 15 is 0 Å². The highest BCUT2D eigenvalue weighted by atomic mass is 19.1. The zero-order valence-corrected chi connectivity index (χ0v) is 16.5. The number of amides is 2. The second-order valence-corrected chi connectivity index (χ2v) is 6.60. The third kappa shape index (κ3) is 5.97. The van der Waals surface area contributed by atoms with Crippen molar-refractivity contribution < 1.29 is 23.5 Å². The lowest BCUT2D eigenvalue weighted by Gasteiger charge is -2.17. The molecule has 0 aliphatic heterocycles. The van der Waals surface area contributed by atoms with E-state index in [0.717, 1.165) is 5.56 Å². The molecule has 0 atom stereocenters. The molecule has 0 aromatic heterocycles. The van der Waals surface area contributed by atoms with Gasteiger partial charge in [0.05, 0.1) is 5.69 Å². The topological polar surface area (TPSA) is 102 Å². The Kier molecular flexibility index (Phi) is 7.08. The number of ether oxygens (including phenoxy) is 1. The number of carbonyl (C=O) groups excluding carboxylic acids is 3. The minimum absolute atomic E-state index is 0.0179. The Morgan fingerprint density at radius 2 is 1.55 bits per heavy atom. The average molecular weight is 421 g/mol. The monoisotopic (exact) mass is 421 g/mol. The highest BCUT2D eigenvalue weighted by molar-refractivity contribution is 6.14. The Labute approximate surface area is 178 Å². The van der Waals surface area contributed by atoms with Crippen molar-refractivity contribution in [1.29, 1.82) is 0 Å². The zero-order valence-electron chi connectivity index (χ0n) is 16.5. The third-order valence-electron chi connectivity index (χ3n) is 4.31. The van der Waals surface area contributed by atoms with E-state index in [9.17, 15) is 18.8 Å². The van der Waals surface area contributed by atoms with E-state index in [0.29, 0.717) is 5.01 Å². The van der Waals surface area contributed by atoms with Crippen LogP contribution in [0.4, 0.5) is 14.9 Å². The quantitative estimate of drug-likeness (QED) is 0.263. The molecule has 31 heavy (non-hydrogen) atoms. The Morgan fingerprint density at radius 1 is 0.903 bits per heavy atom. The number of anilines is 1. The molecule has 0 saturated carbocycles. The molecule has 158 valence electrons. The maximum Gasteiger partial charge on any atom is 0.424 e. The standard InChI is InChI=1S/C23H20FN3O4/c24-18-12-10-17(11-13-18)22(29)19-8-4-5-9-20(19)26-21(28)14-27(25)23(30)31-15-16-6-2-1-3-7-16/h1-13H,14-15,25H2,(H,26,28). The van der Waals surface area contributed by atoms with Crippen molar-refractivity contribution in [2.75, 3.05) is 11.9 Å². The summed E-state index contributed by atoms with van der Waals surface area (Å²) in [7, 11) is 0. The number of nitrogens with one attached hydrogen (secondary N) is 1. The van der Waals surface area contributed by atoms with E-state index in [2.05, 4.69) is 5.32 Å². The van der Waals surface area contributed by atoms with Gasteiger partial charge in [0.15, 0.2) is 5.78 Å². The van der Waals surface area contributed by atoms with Gasteiger partial charge in [-0.3, -0.25) is 9.59 Å². The summed E-state index contributed by atoms with van der Waals surface area (Å²) in [5, 5.41) is 3.21. The molecule has 0 bridgehead atoms. The number of hydrogen-bond donors (Lipinski definition) is 2. The van der Waals surface area contributed by atoms with E-state index in [1.54, 1.807) is 30.3 Å². The van der Waals surface area contributed by atoms with Crippen molar-refractivity contribution in [3.63, 3.8) is 0 Å². The van der Waals surface area contributed by atoms with Crippen molar-refractivity contribution in [2.24, 2.45) is 5.84 Å². The van der Waals surface area contributed by atoms with Crippen LogP contribution in [0, 0.1) is 5.82 Å². The van der Waals surface area contributed by atoms with Gasteiger partial charge in [-0.2, -0.15) is 0 Å². The first-order valence-electron chi connectivity index (χ1n) is 9.36. The number of hydrazine groups is 1. The number of rotatable bonds is 7. The number of nitrogens with zero attached hydrogens (tertiary/aromatic N) is 1. The van der Waals surface area contributed by atoms with E-state index in [4.69, 9.17) is 10.6 Å². The van der Waals surface area contributed by atoms with Crippen LogP contribution in [-0.2, 0) is 16.1 Å². The SMILES string of the molecule is NN(CC(=O)Nc1ccccc1C(=O)c1ccc(F)cc1)C(=O)OCc1ccccc1. The summed E-state index contributed by atoms with van der Waals surface area (Å²) in [6.45, 7) is -0.462. The lowest BCUT2D eigenvalue weighted by molar-refractivity contribution is -0.117. The van der Waals surface area contributed by atoms with Gasteiger partial charge in [0, 0.05) is 11.1 Å². The maximum atomic E-state index is 13.1. The molecule has 0 heterocycles. The second-order valence-electron chi connectivity index (χ2n) is 6.60. The first kappa shape index (κ1) is 21.7. The van der Waals surface area contributed by atoms with Gasteiger partial charge in [0.25, 0.3) is 0 Å². The van der Waals surface area contributed by atoms with Crippen LogP contribution in [0.5, 0.6) is 0 Å². The Hall–Kier alpha value is -4.04. The van der Waals surface area contributed by atoms with Crippen molar-refractivity contribution in [3.05, 3.63) is 101 Å². The molecule has 3 rings (SSSR count). The fourth-order valence-electron chi connectivity index (χ4n) is 2.76. The second kappa shape index (κ2) is 10.1. The average Bonchev–Trinajstić information content (AvgIpc) is 2.78. The molecular formula is C23H20FN3O4. The molecule has 0 radical (unpaired) electrons. The van der Waals surface area contributed by atoms with Gasteiger partial charge in [0.1, 0.15) is 19.0 Å². The largest absolute Gasteiger partial charge is 0.444 e. The minimum atomic E-state index is -0.866.